The Hall–Kier alpha value is -1.16. The fourth-order valence-electron chi connectivity index (χ4n) is 1.11. The van der Waals surface area contributed by atoms with Crippen LogP contribution in [-0.2, 0) is 6.54 Å². The molecule has 0 fully saturated rings. The number of alkyl halides is 2. The van der Waals surface area contributed by atoms with E-state index in [0.717, 1.165) is 5.56 Å². The summed E-state index contributed by atoms with van der Waals surface area (Å²) in [5.74, 6) is 0.484. The summed E-state index contributed by atoms with van der Waals surface area (Å²) in [5.41, 5.74) is 1.01. The summed E-state index contributed by atoms with van der Waals surface area (Å²) in [6, 6.07) is 7.11. The maximum atomic E-state index is 11.8. The molecule has 0 amide bonds. The summed E-state index contributed by atoms with van der Waals surface area (Å²) in [6.07, 6.45) is -2.43. The summed E-state index contributed by atoms with van der Waals surface area (Å²) in [4.78, 5) is 0. The predicted molar refractivity (Wildman–Crippen MR) is 50.7 cm³/mol. The molecule has 0 aromatic heterocycles. The van der Waals surface area contributed by atoms with E-state index in [4.69, 9.17) is 4.74 Å². The van der Waals surface area contributed by atoms with Gasteiger partial charge in [0.05, 0.1) is 0 Å². The molecule has 1 aromatic carbocycles. The first-order chi connectivity index (χ1) is 6.72. The van der Waals surface area contributed by atoms with E-state index >= 15 is 0 Å². The van der Waals surface area contributed by atoms with Gasteiger partial charge < -0.3 is 10.1 Å². The van der Waals surface area contributed by atoms with Crippen LogP contribution >= 0.6 is 0 Å². The van der Waals surface area contributed by atoms with Crippen LogP contribution in [0.25, 0.3) is 0 Å². The first-order valence-corrected chi connectivity index (χ1v) is 4.37. The SMILES string of the molecule is CNCc1cccc(OCC(F)F)c1. The minimum absolute atomic E-state index is 0.484. The van der Waals surface area contributed by atoms with Gasteiger partial charge in [0, 0.05) is 6.54 Å². The third-order valence-corrected chi connectivity index (χ3v) is 1.66. The van der Waals surface area contributed by atoms with Crippen molar-refractivity contribution >= 4 is 0 Å². The van der Waals surface area contributed by atoms with Gasteiger partial charge in [-0.15, -0.1) is 0 Å². The van der Waals surface area contributed by atoms with Crippen LogP contribution in [0.2, 0.25) is 0 Å². The quantitative estimate of drug-likeness (QED) is 0.787. The minimum Gasteiger partial charge on any atom is -0.488 e. The summed E-state index contributed by atoms with van der Waals surface area (Å²) >= 11 is 0. The van der Waals surface area contributed by atoms with Gasteiger partial charge in [-0.1, -0.05) is 12.1 Å². The molecule has 0 radical (unpaired) electrons. The van der Waals surface area contributed by atoms with E-state index in [0.29, 0.717) is 12.3 Å². The monoisotopic (exact) mass is 201 g/mol. The molecule has 4 heteroatoms. The first-order valence-electron chi connectivity index (χ1n) is 4.37. The minimum atomic E-state index is -2.43. The van der Waals surface area contributed by atoms with E-state index in [9.17, 15) is 8.78 Å². The van der Waals surface area contributed by atoms with Crippen LogP contribution in [-0.4, -0.2) is 20.1 Å². The molecule has 1 aromatic rings. The molecule has 1 rings (SSSR count). The Morgan fingerprint density at radius 3 is 2.86 bits per heavy atom. The summed E-state index contributed by atoms with van der Waals surface area (Å²) < 4.78 is 28.5. The number of nitrogens with one attached hydrogen (secondary N) is 1. The first kappa shape index (κ1) is 10.9. The van der Waals surface area contributed by atoms with E-state index in [-0.39, 0.29) is 0 Å². The second kappa shape index (κ2) is 5.54. The Morgan fingerprint density at radius 2 is 2.21 bits per heavy atom. The zero-order valence-corrected chi connectivity index (χ0v) is 7.97. The smallest absolute Gasteiger partial charge is 0.272 e. The van der Waals surface area contributed by atoms with Crippen LogP contribution in [0.1, 0.15) is 5.56 Å². The van der Waals surface area contributed by atoms with Crippen molar-refractivity contribution in [2.24, 2.45) is 0 Å². The van der Waals surface area contributed by atoms with E-state index in [1.54, 1.807) is 18.2 Å². The van der Waals surface area contributed by atoms with Crippen molar-refractivity contribution in [1.29, 1.82) is 0 Å². The highest BCUT2D eigenvalue weighted by atomic mass is 19.3. The molecule has 0 aliphatic carbocycles. The molecule has 0 atom stereocenters. The van der Waals surface area contributed by atoms with Gasteiger partial charge in [-0.2, -0.15) is 0 Å². The lowest BCUT2D eigenvalue weighted by Gasteiger charge is -2.06. The fourth-order valence-corrected chi connectivity index (χ4v) is 1.11. The van der Waals surface area contributed by atoms with Crippen LogP contribution in [0.4, 0.5) is 8.78 Å². The van der Waals surface area contributed by atoms with Crippen molar-refractivity contribution < 1.29 is 13.5 Å². The molecule has 0 spiro atoms. The van der Waals surface area contributed by atoms with Gasteiger partial charge >= 0.3 is 0 Å². The Balaban J connectivity index is 2.54. The number of halogens is 2. The maximum Gasteiger partial charge on any atom is 0.272 e. The van der Waals surface area contributed by atoms with Gasteiger partial charge in [0.1, 0.15) is 12.4 Å². The van der Waals surface area contributed by atoms with Crippen molar-refractivity contribution in [1.82, 2.24) is 5.32 Å². The van der Waals surface area contributed by atoms with E-state index in [2.05, 4.69) is 5.32 Å². The zero-order chi connectivity index (χ0) is 10.4. The standard InChI is InChI=1S/C10H13F2NO/c1-13-6-8-3-2-4-9(5-8)14-7-10(11)12/h2-5,10,13H,6-7H2,1H3. The van der Waals surface area contributed by atoms with Crippen LogP contribution in [0.3, 0.4) is 0 Å². The Morgan fingerprint density at radius 1 is 1.43 bits per heavy atom. The number of ether oxygens (including phenoxy) is 1. The average Bonchev–Trinajstić information content (AvgIpc) is 2.16. The molecule has 2 nitrogen and oxygen atoms in total. The van der Waals surface area contributed by atoms with Crippen molar-refractivity contribution in [2.45, 2.75) is 13.0 Å². The highest BCUT2D eigenvalue weighted by molar-refractivity contribution is 5.28. The average molecular weight is 201 g/mol. The van der Waals surface area contributed by atoms with Crippen molar-refractivity contribution in [3.05, 3.63) is 29.8 Å². The third kappa shape index (κ3) is 3.70. The lowest BCUT2D eigenvalue weighted by Crippen LogP contribution is -2.08. The Kier molecular flexibility index (Phi) is 4.32. The number of benzene rings is 1. The molecule has 78 valence electrons. The largest absolute Gasteiger partial charge is 0.488 e. The summed E-state index contributed by atoms with van der Waals surface area (Å²) in [7, 11) is 1.83. The van der Waals surface area contributed by atoms with Gasteiger partial charge in [-0.3, -0.25) is 0 Å². The van der Waals surface area contributed by atoms with Crippen LogP contribution in [0, 0.1) is 0 Å². The second-order valence-electron chi connectivity index (χ2n) is 2.88. The van der Waals surface area contributed by atoms with Gasteiger partial charge in [-0.05, 0) is 24.7 Å². The van der Waals surface area contributed by atoms with Gasteiger partial charge in [-0.25, -0.2) is 8.78 Å². The van der Waals surface area contributed by atoms with Crippen molar-refractivity contribution in [3.8, 4) is 5.75 Å². The molecule has 0 saturated heterocycles. The molecule has 0 aliphatic heterocycles. The van der Waals surface area contributed by atoms with E-state index < -0.39 is 13.0 Å². The van der Waals surface area contributed by atoms with Gasteiger partial charge in [0.2, 0.25) is 0 Å². The maximum absolute atomic E-state index is 11.8. The molecule has 0 heterocycles. The van der Waals surface area contributed by atoms with E-state index in [1.807, 2.05) is 13.1 Å². The summed E-state index contributed by atoms with van der Waals surface area (Å²) in [5, 5.41) is 2.97. The fraction of sp³-hybridized carbons (Fsp3) is 0.400. The highest BCUT2D eigenvalue weighted by Gasteiger charge is 2.03. The molecule has 0 aliphatic rings. The number of hydrogen-bond donors (Lipinski definition) is 1. The predicted octanol–water partition coefficient (Wildman–Crippen LogP) is 2.05. The lowest BCUT2D eigenvalue weighted by atomic mass is 10.2. The molecule has 0 unspecified atom stereocenters. The van der Waals surface area contributed by atoms with Crippen molar-refractivity contribution in [2.75, 3.05) is 13.7 Å². The second-order valence-corrected chi connectivity index (χ2v) is 2.88. The lowest BCUT2D eigenvalue weighted by molar-refractivity contribution is 0.0818. The summed E-state index contributed by atoms with van der Waals surface area (Å²) in [6.45, 7) is 0.148. The normalized spacial score (nSPS) is 10.6. The molecule has 0 saturated carbocycles. The van der Waals surface area contributed by atoms with E-state index in [1.165, 1.54) is 0 Å². The van der Waals surface area contributed by atoms with Crippen molar-refractivity contribution in [3.63, 3.8) is 0 Å². The highest BCUT2D eigenvalue weighted by Crippen LogP contribution is 2.13. The van der Waals surface area contributed by atoms with Crippen LogP contribution in [0.15, 0.2) is 24.3 Å². The Bertz CT molecular complexity index is 279. The molecule has 14 heavy (non-hydrogen) atoms. The number of hydrogen-bond acceptors (Lipinski definition) is 2. The third-order valence-electron chi connectivity index (χ3n) is 1.66. The molecule has 0 bridgehead atoms. The Labute approximate surface area is 81.9 Å². The van der Waals surface area contributed by atoms with Crippen LogP contribution in [0.5, 0.6) is 5.75 Å². The zero-order valence-electron chi connectivity index (χ0n) is 7.97. The number of rotatable bonds is 5. The molecular formula is C10H13F2NO. The topological polar surface area (TPSA) is 21.3 Å². The molecular weight excluding hydrogens is 188 g/mol. The van der Waals surface area contributed by atoms with Crippen LogP contribution < -0.4 is 10.1 Å². The van der Waals surface area contributed by atoms with Gasteiger partial charge in [0.15, 0.2) is 0 Å². The molecule has 1 N–H and O–H groups in total. The van der Waals surface area contributed by atoms with Gasteiger partial charge in [0.25, 0.3) is 6.43 Å².